The highest BCUT2D eigenvalue weighted by molar-refractivity contribution is 9.12. The van der Waals surface area contributed by atoms with Crippen LogP contribution in [0.25, 0.3) is 0 Å². The maximum Gasteiger partial charge on any atom is 0.266 e. The summed E-state index contributed by atoms with van der Waals surface area (Å²) in [5.41, 5.74) is 6.79. The molecule has 3 N–H and O–H groups in total. The van der Waals surface area contributed by atoms with E-state index in [0.717, 1.165) is 0 Å². The molecule has 0 aromatic rings. The fourth-order valence-corrected chi connectivity index (χ4v) is 1.96. The Balaban J connectivity index is 2.92. The summed E-state index contributed by atoms with van der Waals surface area (Å²) >= 11 is 3.19. The zero-order chi connectivity index (χ0) is 13.0. The third kappa shape index (κ3) is 3.17. The quantitative estimate of drug-likeness (QED) is 0.769. The van der Waals surface area contributed by atoms with Crippen LogP contribution in [0.1, 0.15) is 13.3 Å². The largest absolute Gasteiger partial charge is 0.402 e. The van der Waals surface area contributed by atoms with Crippen LogP contribution in [0.4, 0.5) is 0 Å². The molecule has 1 aliphatic heterocycles. The van der Waals surface area contributed by atoms with Crippen molar-refractivity contribution in [3.05, 3.63) is 21.8 Å². The summed E-state index contributed by atoms with van der Waals surface area (Å²) in [4.78, 5) is 13.3. The van der Waals surface area contributed by atoms with Gasteiger partial charge < -0.3 is 10.5 Å². The number of nitrogens with two attached hydrogens (primary N) is 1. The first kappa shape index (κ1) is 13.9. The van der Waals surface area contributed by atoms with Gasteiger partial charge in [0.05, 0.1) is 4.48 Å². The van der Waals surface area contributed by atoms with Crippen LogP contribution in [0.2, 0.25) is 0 Å². The van der Waals surface area contributed by atoms with E-state index in [1.165, 1.54) is 4.90 Å². The lowest BCUT2D eigenvalue weighted by Gasteiger charge is -2.27. The summed E-state index contributed by atoms with van der Waals surface area (Å²) in [5, 5.41) is 7.95. The molecule has 0 aliphatic carbocycles. The van der Waals surface area contributed by atoms with Crippen LogP contribution in [0, 0.1) is 5.41 Å². The van der Waals surface area contributed by atoms with Crippen molar-refractivity contribution in [2.45, 2.75) is 13.3 Å². The standard InChI is InChI=1S/C11H16BrN3O2/c1-7(13)8-6-9(12)11(16)15(10(8)14)4-3-5-17-2/h6,14H,3-5,13H2,1-2H3/b8-7-,14-10?. The fraction of sp³-hybridized carbons (Fsp3) is 0.455. The van der Waals surface area contributed by atoms with Gasteiger partial charge in [-0.3, -0.25) is 15.1 Å². The Bertz CT molecular complexity index is 398. The number of methoxy groups -OCH3 is 1. The highest BCUT2D eigenvalue weighted by atomic mass is 79.9. The normalized spacial score (nSPS) is 19.5. The summed E-state index contributed by atoms with van der Waals surface area (Å²) in [7, 11) is 1.61. The van der Waals surface area contributed by atoms with E-state index in [1.54, 1.807) is 20.1 Å². The van der Waals surface area contributed by atoms with E-state index in [-0.39, 0.29) is 11.7 Å². The summed E-state index contributed by atoms with van der Waals surface area (Å²) in [6.07, 6.45) is 2.27. The first-order chi connectivity index (χ1) is 7.99. The van der Waals surface area contributed by atoms with Gasteiger partial charge in [-0.15, -0.1) is 0 Å². The molecule has 1 amide bonds. The monoisotopic (exact) mass is 301 g/mol. The van der Waals surface area contributed by atoms with Crippen LogP contribution >= 0.6 is 15.9 Å². The second-order valence-electron chi connectivity index (χ2n) is 3.74. The van der Waals surface area contributed by atoms with Gasteiger partial charge in [0.1, 0.15) is 5.84 Å². The molecule has 94 valence electrons. The average molecular weight is 302 g/mol. The minimum atomic E-state index is -0.212. The van der Waals surface area contributed by atoms with E-state index >= 15 is 0 Å². The molecular formula is C11H16BrN3O2. The molecule has 6 heteroatoms. The number of hydrogen-bond acceptors (Lipinski definition) is 4. The van der Waals surface area contributed by atoms with E-state index in [0.29, 0.717) is 35.3 Å². The van der Waals surface area contributed by atoms with E-state index in [2.05, 4.69) is 15.9 Å². The Labute approximate surface area is 109 Å². The van der Waals surface area contributed by atoms with Crippen LogP contribution in [0.3, 0.4) is 0 Å². The van der Waals surface area contributed by atoms with Crippen molar-refractivity contribution < 1.29 is 9.53 Å². The van der Waals surface area contributed by atoms with Gasteiger partial charge >= 0.3 is 0 Å². The SMILES string of the molecule is COCCCN1C(=N)/C(=C(/C)N)C=C(Br)C1=O. The third-order valence-electron chi connectivity index (χ3n) is 2.40. The average Bonchev–Trinajstić information content (AvgIpc) is 2.28. The molecule has 0 bridgehead atoms. The number of hydrogen-bond donors (Lipinski definition) is 2. The molecule has 5 nitrogen and oxygen atoms in total. The number of allylic oxidation sites excluding steroid dienone is 1. The van der Waals surface area contributed by atoms with Crippen molar-refractivity contribution in [1.29, 1.82) is 5.41 Å². The maximum absolute atomic E-state index is 11.9. The molecule has 1 heterocycles. The molecule has 0 aromatic heterocycles. The number of amidine groups is 1. The molecule has 0 saturated heterocycles. The molecule has 0 unspecified atom stereocenters. The first-order valence-electron chi connectivity index (χ1n) is 5.22. The van der Waals surface area contributed by atoms with Crippen LogP contribution in [-0.2, 0) is 9.53 Å². The third-order valence-corrected chi connectivity index (χ3v) is 2.97. The number of nitrogens with zero attached hydrogens (tertiary/aromatic N) is 1. The number of rotatable bonds is 4. The number of halogens is 1. The Morgan fingerprint density at radius 3 is 2.82 bits per heavy atom. The molecule has 0 atom stereocenters. The number of amides is 1. The van der Waals surface area contributed by atoms with E-state index in [1.807, 2.05) is 0 Å². The van der Waals surface area contributed by atoms with Gasteiger partial charge in [0, 0.05) is 31.5 Å². The van der Waals surface area contributed by atoms with Gasteiger partial charge in [0.2, 0.25) is 0 Å². The summed E-state index contributed by atoms with van der Waals surface area (Å²) < 4.78 is 5.35. The molecule has 1 rings (SSSR count). The number of ether oxygens (including phenoxy) is 1. The van der Waals surface area contributed by atoms with Gasteiger partial charge in [-0.2, -0.15) is 0 Å². The topological polar surface area (TPSA) is 79.4 Å². The smallest absolute Gasteiger partial charge is 0.266 e. The van der Waals surface area contributed by atoms with Gasteiger partial charge in [-0.25, -0.2) is 0 Å². The van der Waals surface area contributed by atoms with Crippen LogP contribution in [-0.4, -0.2) is 36.9 Å². The summed E-state index contributed by atoms with van der Waals surface area (Å²) in [6.45, 7) is 2.72. The Kier molecular flexibility index (Phi) is 4.89. The zero-order valence-corrected chi connectivity index (χ0v) is 11.5. The highest BCUT2D eigenvalue weighted by Crippen LogP contribution is 2.23. The molecule has 0 radical (unpaired) electrons. The van der Waals surface area contributed by atoms with Gasteiger partial charge in [0.25, 0.3) is 5.91 Å². The molecular weight excluding hydrogens is 286 g/mol. The molecule has 17 heavy (non-hydrogen) atoms. The summed E-state index contributed by atoms with van der Waals surface area (Å²) in [6, 6.07) is 0. The highest BCUT2D eigenvalue weighted by Gasteiger charge is 2.28. The first-order valence-corrected chi connectivity index (χ1v) is 6.01. The zero-order valence-electron chi connectivity index (χ0n) is 9.92. The van der Waals surface area contributed by atoms with Gasteiger partial charge in [-0.05, 0) is 35.4 Å². The molecule has 0 aromatic carbocycles. The number of carbonyl (C=O) groups excluding carboxylic acids is 1. The minimum absolute atomic E-state index is 0.148. The molecule has 1 aliphatic rings. The van der Waals surface area contributed by atoms with E-state index in [9.17, 15) is 4.79 Å². The Morgan fingerprint density at radius 2 is 2.29 bits per heavy atom. The number of nitrogens with one attached hydrogen (secondary N) is 1. The Hall–Kier alpha value is -1.14. The fourth-order valence-electron chi connectivity index (χ4n) is 1.51. The summed E-state index contributed by atoms with van der Waals surface area (Å²) in [5.74, 6) is -0.0644. The van der Waals surface area contributed by atoms with E-state index in [4.69, 9.17) is 15.9 Å². The Morgan fingerprint density at radius 1 is 1.65 bits per heavy atom. The maximum atomic E-state index is 11.9. The predicted octanol–water partition coefficient (Wildman–Crippen LogP) is 1.35. The predicted molar refractivity (Wildman–Crippen MR) is 69.8 cm³/mol. The van der Waals surface area contributed by atoms with Crippen molar-refractivity contribution in [3.8, 4) is 0 Å². The van der Waals surface area contributed by atoms with Crippen LogP contribution in [0.5, 0.6) is 0 Å². The molecule has 0 fully saturated rings. The lowest BCUT2D eigenvalue weighted by molar-refractivity contribution is -0.123. The van der Waals surface area contributed by atoms with Gasteiger partial charge in [0.15, 0.2) is 0 Å². The lowest BCUT2D eigenvalue weighted by Crippen LogP contribution is -2.41. The lowest BCUT2D eigenvalue weighted by atomic mass is 10.1. The molecule has 0 saturated carbocycles. The van der Waals surface area contributed by atoms with Crippen LogP contribution in [0.15, 0.2) is 21.8 Å². The van der Waals surface area contributed by atoms with Gasteiger partial charge in [-0.1, -0.05) is 0 Å². The van der Waals surface area contributed by atoms with Crippen molar-refractivity contribution in [2.75, 3.05) is 20.3 Å². The molecule has 0 spiro atoms. The second-order valence-corrected chi connectivity index (χ2v) is 4.60. The number of carbonyl (C=O) groups is 1. The van der Waals surface area contributed by atoms with Crippen molar-refractivity contribution in [1.82, 2.24) is 4.90 Å². The second kappa shape index (κ2) is 5.97. The van der Waals surface area contributed by atoms with Crippen molar-refractivity contribution >= 4 is 27.7 Å². The van der Waals surface area contributed by atoms with Crippen LogP contribution < -0.4 is 5.73 Å². The van der Waals surface area contributed by atoms with Crippen molar-refractivity contribution in [2.24, 2.45) is 5.73 Å². The van der Waals surface area contributed by atoms with E-state index < -0.39 is 0 Å². The minimum Gasteiger partial charge on any atom is -0.402 e. The van der Waals surface area contributed by atoms with Crippen molar-refractivity contribution in [3.63, 3.8) is 0 Å².